The number of thiophene rings is 1. The Balaban J connectivity index is 1.91. The van der Waals surface area contributed by atoms with Gasteiger partial charge in [-0.15, -0.1) is 11.3 Å². The minimum Gasteiger partial charge on any atom is -0.484 e. The Bertz CT molecular complexity index is 878. The third-order valence-electron chi connectivity index (χ3n) is 3.22. The molecule has 6 nitrogen and oxygen atoms in total. The van der Waals surface area contributed by atoms with Crippen LogP contribution in [0.4, 0.5) is 13.2 Å². The van der Waals surface area contributed by atoms with E-state index < -0.39 is 28.5 Å². The van der Waals surface area contributed by atoms with Gasteiger partial charge in [0, 0.05) is 6.54 Å². The third kappa shape index (κ3) is 6.52. The average molecular weight is 422 g/mol. The molecule has 0 saturated carbocycles. The maximum Gasteiger partial charge on any atom is 0.422 e. The number of rotatable bonds is 8. The Hall–Kier alpha value is -2.11. The summed E-state index contributed by atoms with van der Waals surface area (Å²) in [5, 5.41) is 5.19. The van der Waals surface area contributed by atoms with Gasteiger partial charge in [-0.25, -0.2) is 8.42 Å². The molecule has 1 heterocycles. The molecule has 0 spiro atoms. The quantitative estimate of drug-likeness (QED) is 0.683. The standard InChI is InChI=1S/C16H17F3N2O4S2/c1-20-10-27(23,24)14-7-6-13(26-14)15(22)21-8-11-2-4-12(5-3-11)25-9-16(17,18)19/h2-7,20H,8-10H2,1H3,(H,21,22). The lowest BCUT2D eigenvalue weighted by atomic mass is 10.2. The number of halogens is 3. The second-order valence-electron chi connectivity index (χ2n) is 5.46. The van der Waals surface area contributed by atoms with E-state index in [0.717, 1.165) is 11.3 Å². The summed E-state index contributed by atoms with van der Waals surface area (Å²) in [6, 6.07) is 8.61. The molecule has 0 saturated heterocycles. The maximum atomic E-state index is 12.1. The highest BCUT2D eigenvalue weighted by molar-refractivity contribution is 7.93. The van der Waals surface area contributed by atoms with Gasteiger partial charge in [0.15, 0.2) is 6.61 Å². The van der Waals surface area contributed by atoms with E-state index in [1.54, 1.807) is 0 Å². The van der Waals surface area contributed by atoms with Crippen LogP contribution in [0.3, 0.4) is 0 Å². The van der Waals surface area contributed by atoms with Gasteiger partial charge in [-0.1, -0.05) is 12.1 Å². The SMILES string of the molecule is CNCS(=O)(=O)c1ccc(C(=O)NCc2ccc(OCC(F)(F)F)cc2)s1. The molecule has 0 bridgehead atoms. The summed E-state index contributed by atoms with van der Waals surface area (Å²) in [6.07, 6.45) is -4.41. The van der Waals surface area contributed by atoms with Crippen molar-refractivity contribution in [2.24, 2.45) is 0 Å². The highest BCUT2D eigenvalue weighted by Gasteiger charge is 2.28. The van der Waals surface area contributed by atoms with E-state index in [-0.39, 0.29) is 27.3 Å². The van der Waals surface area contributed by atoms with Crippen LogP contribution in [0.15, 0.2) is 40.6 Å². The first-order chi connectivity index (χ1) is 12.6. The summed E-state index contributed by atoms with van der Waals surface area (Å²) in [7, 11) is -1.97. The maximum absolute atomic E-state index is 12.1. The monoisotopic (exact) mass is 422 g/mol. The average Bonchev–Trinajstić information content (AvgIpc) is 3.09. The number of benzene rings is 1. The van der Waals surface area contributed by atoms with Gasteiger partial charge in [0.2, 0.25) is 9.84 Å². The predicted octanol–water partition coefficient (Wildman–Crippen LogP) is 2.57. The normalized spacial score (nSPS) is 12.0. The highest BCUT2D eigenvalue weighted by Crippen LogP contribution is 2.23. The Labute approximate surface area is 158 Å². The number of hydrogen-bond acceptors (Lipinski definition) is 6. The van der Waals surface area contributed by atoms with Crippen molar-refractivity contribution in [3.05, 3.63) is 46.8 Å². The van der Waals surface area contributed by atoms with E-state index in [1.807, 2.05) is 0 Å². The van der Waals surface area contributed by atoms with Gasteiger partial charge in [-0.2, -0.15) is 13.2 Å². The Kier molecular flexibility index (Phi) is 6.84. The van der Waals surface area contributed by atoms with Crippen molar-refractivity contribution in [1.29, 1.82) is 0 Å². The molecule has 2 aromatic rings. The molecule has 2 rings (SSSR count). The fourth-order valence-corrected chi connectivity index (χ4v) is 4.41. The van der Waals surface area contributed by atoms with Crippen molar-refractivity contribution >= 4 is 27.1 Å². The van der Waals surface area contributed by atoms with Gasteiger partial charge in [0.05, 0.1) is 4.88 Å². The molecule has 0 fully saturated rings. The number of carbonyl (C=O) groups is 1. The summed E-state index contributed by atoms with van der Waals surface area (Å²) >= 11 is 0.868. The van der Waals surface area contributed by atoms with Crippen LogP contribution in [0.1, 0.15) is 15.2 Å². The molecule has 0 aliphatic carbocycles. The number of carbonyl (C=O) groups excluding carboxylic acids is 1. The Morgan fingerprint density at radius 3 is 2.41 bits per heavy atom. The van der Waals surface area contributed by atoms with Crippen molar-refractivity contribution in [3.8, 4) is 5.75 Å². The molecule has 148 valence electrons. The lowest BCUT2D eigenvalue weighted by molar-refractivity contribution is -0.153. The molecule has 0 radical (unpaired) electrons. The van der Waals surface area contributed by atoms with Crippen molar-refractivity contribution < 1.29 is 31.1 Å². The molecule has 1 aromatic heterocycles. The van der Waals surface area contributed by atoms with Gasteiger partial charge >= 0.3 is 6.18 Å². The van der Waals surface area contributed by atoms with Crippen LogP contribution in [-0.4, -0.2) is 40.0 Å². The number of sulfone groups is 1. The van der Waals surface area contributed by atoms with Gasteiger partial charge in [-0.3, -0.25) is 4.79 Å². The number of ether oxygens (including phenoxy) is 1. The van der Waals surface area contributed by atoms with Crippen LogP contribution in [0.5, 0.6) is 5.75 Å². The summed E-state index contributed by atoms with van der Waals surface area (Å²) in [5.74, 6) is -0.597. The smallest absolute Gasteiger partial charge is 0.422 e. The third-order valence-corrected chi connectivity index (χ3v) is 6.53. The second-order valence-corrected chi connectivity index (χ2v) is 8.76. The minimum absolute atomic E-state index is 0.0695. The van der Waals surface area contributed by atoms with E-state index in [2.05, 4.69) is 15.4 Å². The molecule has 1 amide bonds. The fourth-order valence-electron chi connectivity index (χ4n) is 2.01. The molecular weight excluding hydrogens is 405 g/mol. The van der Waals surface area contributed by atoms with Gasteiger partial charge in [0.25, 0.3) is 5.91 Å². The first-order valence-corrected chi connectivity index (χ1v) is 10.1. The van der Waals surface area contributed by atoms with Crippen molar-refractivity contribution in [1.82, 2.24) is 10.6 Å². The van der Waals surface area contributed by atoms with Crippen LogP contribution in [0.2, 0.25) is 0 Å². The summed E-state index contributed by atoms with van der Waals surface area (Å²) < 4.78 is 64.8. The molecule has 11 heteroatoms. The summed E-state index contributed by atoms with van der Waals surface area (Å²) in [5.41, 5.74) is 0.655. The molecule has 1 aromatic carbocycles. The predicted molar refractivity (Wildman–Crippen MR) is 94.6 cm³/mol. The molecule has 0 aliphatic rings. The summed E-state index contributed by atoms with van der Waals surface area (Å²) in [4.78, 5) is 12.4. The van der Waals surface area contributed by atoms with Crippen molar-refractivity contribution in [2.45, 2.75) is 16.9 Å². The zero-order valence-electron chi connectivity index (χ0n) is 14.2. The topological polar surface area (TPSA) is 84.5 Å². The number of alkyl halides is 3. The van der Waals surface area contributed by atoms with Crippen LogP contribution in [-0.2, 0) is 16.4 Å². The van der Waals surface area contributed by atoms with Crippen LogP contribution >= 0.6 is 11.3 Å². The van der Waals surface area contributed by atoms with E-state index in [1.165, 1.54) is 43.4 Å². The molecule has 0 unspecified atom stereocenters. The number of amides is 1. The number of nitrogens with one attached hydrogen (secondary N) is 2. The van der Waals surface area contributed by atoms with Gasteiger partial charge in [-0.05, 0) is 36.9 Å². The van der Waals surface area contributed by atoms with E-state index in [0.29, 0.717) is 5.56 Å². The lowest BCUT2D eigenvalue weighted by Gasteiger charge is -2.10. The molecule has 0 aliphatic heterocycles. The molecule has 0 atom stereocenters. The van der Waals surface area contributed by atoms with E-state index in [9.17, 15) is 26.4 Å². The van der Waals surface area contributed by atoms with E-state index >= 15 is 0 Å². The van der Waals surface area contributed by atoms with Crippen molar-refractivity contribution in [3.63, 3.8) is 0 Å². The van der Waals surface area contributed by atoms with Crippen LogP contribution in [0.25, 0.3) is 0 Å². The molecule has 2 N–H and O–H groups in total. The Morgan fingerprint density at radius 1 is 1.15 bits per heavy atom. The number of hydrogen-bond donors (Lipinski definition) is 2. The van der Waals surface area contributed by atoms with Crippen LogP contribution in [0, 0.1) is 0 Å². The minimum atomic E-state index is -4.41. The highest BCUT2D eigenvalue weighted by atomic mass is 32.2. The fraction of sp³-hybridized carbons (Fsp3) is 0.312. The lowest BCUT2D eigenvalue weighted by Crippen LogP contribution is -2.22. The van der Waals surface area contributed by atoms with Crippen molar-refractivity contribution in [2.75, 3.05) is 19.5 Å². The second kappa shape index (κ2) is 8.72. The molecular formula is C16H17F3N2O4S2. The largest absolute Gasteiger partial charge is 0.484 e. The van der Waals surface area contributed by atoms with E-state index in [4.69, 9.17) is 0 Å². The Morgan fingerprint density at radius 2 is 1.81 bits per heavy atom. The summed E-state index contributed by atoms with van der Waals surface area (Å²) in [6.45, 7) is -1.24. The molecule has 27 heavy (non-hydrogen) atoms. The first kappa shape index (κ1) is 21.2. The first-order valence-electron chi connectivity index (χ1n) is 7.64. The van der Waals surface area contributed by atoms with Crippen LogP contribution < -0.4 is 15.4 Å². The zero-order valence-corrected chi connectivity index (χ0v) is 15.8. The van der Waals surface area contributed by atoms with Gasteiger partial charge in [0.1, 0.15) is 15.8 Å². The zero-order chi connectivity index (χ0) is 20.1. The van der Waals surface area contributed by atoms with Gasteiger partial charge < -0.3 is 15.4 Å².